The van der Waals surface area contributed by atoms with Crippen LogP contribution in [-0.4, -0.2) is 89.3 Å². The van der Waals surface area contributed by atoms with Gasteiger partial charge in [0, 0.05) is 23.2 Å². The molecule has 0 radical (unpaired) electrons. The smallest absolute Gasteiger partial charge is 0.171 e. The van der Waals surface area contributed by atoms with E-state index in [1.807, 2.05) is 48.5 Å². The van der Waals surface area contributed by atoms with E-state index in [1.165, 1.54) is 0 Å². The lowest BCUT2D eigenvalue weighted by atomic mass is 10.1. The van der Waals surface area contributed by atoms with E-state index in [2.05, 4.69) is 9.97 Å². The number of nitrogens with zero attached hydrogens (tertiary/aromatic N) is 2. The summed E-state index contributed by atoms with van der Waals surface area (Å²) < 4.78 is 46.9. The van der Waals surface area contributed by atoms with Crippen molar-refractivity contribution in [3.05, 3.63) is 60.9 Å². The first kappa shape index (κ1) is 27.9. The van der Waals surface area contributed by atoms with Gasteiger partial charge in [-0.25, -0.2) is 0 Å². The molecule has 10 nitrogen and oxygen atoms in total. The molecular formula is C30H34N2O8. The summed E-state index contributed by atoms with van der Waals surface area (Å²) in [4.78, 5) is 9.14. The average molecular weight is 551 g/mol. The van der Waals surface area contributed by atoms with E-state index in [4.69, 9.17) is 37.9 Å². The molecule has 0 amide bonds. The first-order valence-corrected chi connectivity index (χ1v) is 13.5. The van der Waals surface area contributed by atoms with E-state index in [0.717, 1.165) is 21.8 Å². The zero-order valence-corrected chi connectivity index (χ0v) is 22.4. The van der Waals surface area contributed by atoms with Crippen molar-refractivity contribution in [1.82, 2.24) is 9.97 Å². The third-order valence-electron chi connectivity index (χ3n) is 6.05. The van der Waals surface area contributed by atoms with Crippen LogP contribution in [-0.2, 0) is 18.9 Å². The first-order chi connectivity index (χ1) is 19.9. The zero-order chi connectivity index (χ0) is 27.2. The topological polar surface area (TPSA) is 99.6 Å². The SMILES string of the molecule is c1ccc2c(c1)OCCOCCOCCOc1c(c3cccnc3c3ncccc13)OCCOCCOCCO2. The molecule has 0 fully saturated rings. The zero-order valence-electron chi connectivity index (χ0n) is 22.4. The van der Waals surface area contributed by atoms with Crippen LogP contribution in [0.5, 0.6) is 23.0 Å². The molecule has 3 heterocycles. The van der Waals surface area contributed by atoms with Crippen LogP contribution in [0.25, 0.3) is 21.8 Å². The maximum absolute atomic E-state index is 6.23. The fourth-order valence-corrected chi connectivity index (χ4v) is 4.24. The van der Waals surface area contributed by atoms with E-state index in [1.54, 1.807) is 12.4 Å². The van der Waals surface area contributed by atoms with Gasteiger partial charge in [-0.05, 0) is 36.4 Å². The lowest BCUT2D eigenvalue weighted by Gasteiger charge is -2.18. The molecule has 0 unspecified atom stereocenters. The number of rotatable bonds is 0. The fraction of sp³-hybridized carbons (Fsp3) is 0.400. The molecule has 1 aliphatic heterocycles. The maximum atomic E-state index is 6.23. The van der Waals surface area contributed by atoms with E-state index in [0.29, 0.717) is 102 Å². The van der Waals surface area contributed by atoms with Gasteiger partial charge in [0.1, 0.15) is 37.5 Å². The lowest BCUT2D eigenvalue weighted by Crippen LogP contribution is -2.16. The Morgan fingerprint density at radius 2 is 0.775 bits per heavy atom. The summed E-state index contributed by atoms with van der Waals surface area (Å²) in [6, 6.07) is 15.2. The van der Waals surface area contributed by atoms with Crippen LogP contribution in [0, 0.1) is 0 Å². The molecule has 0 atom stereocenters. The number of aromatic nitrogens is 2. The van der Waals surface area contributed by atoms with Gasteiger partial charge in [0.05, 0.1) is 52.9 Å². The highest BCUT2D eigenvalue weighted by atomic mass is 16.6. The quantitative estimate of drug-likeness (QED) is 0.298. The number of hydrogen-bond acceptors (Lipinski definition) is 10. The van der Waals surface area contributed by atoms with Gasteiger partial charge >= 0.3 is 0 Å². The molecule has 0 saturated carbocycles. The molecule has 212 valence electrons. The second-order valence-electron chi connectivity index (χ2n) is 8.75. The number of pyridine rings is 2. The Morgan fingerprint density at radius 3 is 1.20 bits per heavy atom. The summed E-state index contributed by atoms with van der Waals surface area (Å²) in [7, 11) is 0. The number of benzene rings is 2. The monoisotopic (exact) mass is 550 g/mol. The van der Waals surface area contributed by atoms with Gasteiger partial charge in [0.2, 0.25) is 0 Å². The third kappa shape index (κ3) is 7.48. The van der Waals surface area contributed by atoms with Crippen LogP contribution in [0.1, 0.15) is 0 Å². The molecule has 5 rings (SSSR count). The Balaban J connectivity index is 1.24. The highest BCUT2D eigenvalue weighted by Gasteiger charge is 2.18. The molecule has 0 saturated heterocycles. The van der Waals surface area contributed by atoms with Crippen LogP contribution >= 0.6 is 0 Å². The molecule has 2 aromatic heterocycles. The van der Waals surface area contributed by atoms with Gasteiger partial charge in [-0.2, -0.15) is 0 Å². The van der Waals surface area contributed by atoms with Crippen molar-refractivity contribution < 1.29 is 37.9 Å². The predicted molar refractivity (Wildman–Crippen MR) is 149 cm³/mol. The lowest BCUT2D eigenvalue weighted by molar-refractivity contribution is 0.0226. The minimum absolute atomic E-state index is 0.333. The molecule has 0 spiro atoms. The van der Waals surface area contributed by atoms with Crippen molar-refractivity contribution in [2.45, 2.75) is 0 Å². The Labute approximate surface area is 233 Å². The Bertz CT molecular complexity index is 1250. The summed E-state index contributed by atoms with van der Waals surface area (Å²) >= 11 is 0. The molecule has 4 aromatic rings. The van der Waals surface area contributed by atoms with Crippen LogP contribution in [0.15, 0.2) is 60.9 Å². The number of hydrogen-bond donors (Lipinski definition) is 0. The minimum atomic E-state index is 0.333. The van der Waals surface area contributed by atoms with Gasteiger partial charge in [-0.3, -0.25) is 9.97 Å². The van der Waals surface area contributed by atoms with Crippen LogP contribution in [0.3, 0.4) is 0 Å². The molecule has 0 bridgehead atoms. The Kier molecular flexibility index (Phi) is 10.6. The Morgan fingerprint density at radius 1 is 0.400 bits per heavy atom. The average Bonchev–Trinajstić information content (AvgIpc) is 2.99. The highest BCUT2D eigenvalue weighted by Crippen LogP contribution is 2.42. The van der Waals surface area contributed by atoms with Crippen molar-refractivity contribution in [2.24, 2.45) is 0 Å². The van der Waals surface area contributed by atoms with Crippen molar-refractivity contribution in [3.8, 4) is 23.0 Å². The van der Waals surface area contributed by atoms with Crippen molar-refractivity contribution in [2.75, 3.05) is 79.3 Å². The third-order valence-corrected chi connectivity index (χ3v) is 6.05. The summed E-state index contributed by atoms with van der Waals surface area (Å²) in [5.41, 5.74) is 1.51. The summed E-state index contributed by atoms with van der Waals surface area (Å²) in [6.45, 7) is 4.88. The number of para-hydroxylation sites is 2. The van der Waals surface area contributed by atoms with Gasteiger partial charge in [0.25, 0.3) is 0 Å². The van der Waals surface area contributed by atoms with Crippen molar-refractivity contribution in [3.63, 3.8) is 0 Å². The van der Waals surface area contributed by atoms with Crippen LogP contribution < -0.4 is 18.9 Å². The van der Waals surface area contributed by atoms with Crippen molar-refractivity contribution >= 4 is 21.8 Å². The molecule has 10 heteroatoms. The summed E-state index contributed by atoms with van der Waals surface area (Å²) in [5.74, 6) is 2.56. The molecule has 0 aliphatic carbocycles. The molecule has 40 heavy (non-hydrogen) atoms. The standard InChI is InChI=1S/C30H34N2O8/c1-2-8-26-25(7-1)37-19-15-33-11-13-35-17-21-39-29-23-5-3-9-31-27(23)28-24(6-4-10-32-28)30(29)40-22-18-36-14-12-34-16-20-38-26/h1-10H,11-22H2. The van der Waals surface area contributed by atoms with E-state index in [-0.39, 0.29) is 0 Å². The fourth-order valence-electron chi connectivity index (χ4n) is 4.24. The number of fused-ring (bicyclic) bond motifs is 7. The van der Waals surface area contributed by atoms with E-state index in [9.17, 15) is 0 Å². The second kappa shape index (κ2) is 15.2. The van der Waals surface area contributed by atoms with Gasteiger partial charge in [-0.15, -0.1) is 0 Å². The Hall–Kier alpha value is -3.70. The van der Waals surface area contributed by atoms with E-state index < -0.39 is 0 Å². The van der Waals surface area contributed by atoms with Crippen LogP contribution in [0.2, 0.25) is 0 Å². The predicted octanol–water partition coefficient (Wildman–Crippen LogP) is 4.08. The summed E-state index contributed by atoms with van der Waals surface area (Å²) in [6.07, 6.45) is 3.50. The van der Waals surface area contributed by atoms with Gasteiger partial charge < -0.3 is 37.9 Å². The molecule has 1 aliphatic rings. The van der Waals surface area contributed by atoms with Gasteiger partial charge in [-0.1, -0.05) is 12.1 Å². The van der Waals surface area contributed by atoms with Gasteiger partial charge in [0.15, 0.2) is 23.0 Å². The molecular weight excluding hydrogens is 516 g/mol. The first-order valence-electron chi connectivity index (χ1n) is 13.5. The largest absolute Gasteiger partial charge is 0.487 e. The molecule has 2 aromatic carbocycles. The maximum Gasteiger partial charge on any atom is 0.171 e. The van der Waals surface area contributed by atoms with Crippen LogP contribution in [0.4, 0.5) is 0 Å². The minimum Gasteiger partial charge on any atom is -0.487 e. The summed E-state index contributed by atoms with van der Waals surface area (Å²) in [5, 5.41) is 1.65. The second-order valence-corrected chi connectivity index (χ2v) is 8.75. The van der Waals surface area contributed by atoms with Crippen molar-refractivity contribution in [1.29, 1.82) is 0 Å². The normalized spacial score (nSPS) is 17.2. The molecule has 0 N–H and O–H groups in total. The number of ether oxygens (including phenoxy) is 8. The van der Waals surface area contributed by atoms with E-state index >= 15 is 0 Å². The highest BCUT2D eigenvalue weighted by molar-refractivity contribution is 6.09.